The van der Waals surface area contributed by atoms with Crippen molar-refractivity contribution in [3.63, 3.8) is 0 Å². The molecule has 0 saturated carbocycles. The summed E-state index contributed by atoms with van der Waals surface area (Å²) >= 11 is 0. The zero-order valence-corrected chi connectivity index (χ0v) is 12.3. The predicted molar refractivity (Wildman–Crippen MR) is 73.6 cm³/mol. The average molecular weight is 278 g/mol. The second-order valence-corrected chi connectivity index (χ2v) is 7.40. The third-order valence-electron chi connectivity index (χ3n) is 3.30. The van der Waals surface area contributed by atoms with Gasteiger partial charge in [-0.15, -0.1) is 0 Å². The maximum Gasteiger partial charge on any atom is 0.148 e. The van der Waals surface area contributed by atoms with E-state index in [0.29, 0.717) is 12.5 Å². The summed E-state index contributed by atoms with van der Waals surface area (Å²) in [5.74, 6) is 0.909. The number of hydrogen-bond acceptors (Lipinski definition) is 5. The fourth-order valence-corrected chi connectivity index (χ4v) is 2.89. The molecule has 1 saturated heterocycles. The van der Waals surface area contributed by atoms with Crippen molar-refractivity contribution in [2.24, 2.45) is 5.92 Å². The SMILES string of the molecule is COCCNCC1CCCN(CCS(C)(=O)=O)C1. The molecule has 0 aromatic heterocycles. The van der Waals surface area contributed by atoms with Gasteiger partial charge in [0.2, 0.25) is 0 Å². The van der Waals surface area contributed by atoms with Gasteiger partial charge in [-0.1, -0.05) is 0 Å². The molecule has 18 heavy (non-hydrogen) atoms. The van der Waals surface area contributed by atoms with Crippen LogP contribution in [0.5, 0.6) is 0 Å². The number of nitrogens with one attached hydrogen (secondary N) is 1. The molecular weight excluding hydrogens is 252 g/mol. The van der Waals surface area contributed by atoms with Crippen molar-refractivity contribution >= 4 is 9.84 Å². The third kappa shape index (κ3) is 7.31. The van der Waals surface area contributed by atoms with Crippen LogP contribution in [0.15, 0.2) is 0 Å². The van der Waals surface area contributed by atoms with Gasteiger partial charge in [-0.25, -0.2) is 8.42 Å². The molecule has 1 atom stereocenters. The van der Waals surface area contributed by atoms with Gasteiger partial charge in [0.15, 0.2) is 0 Å². The van der Waals surface area contributed by atoms with Crippen LogP contribution in [0.4, 0.5) is 0 Å². The summed E-state index contributed by atoms with van der Waals surface area (Å²) < 4.78 is 27.3. The molecule has 1 rings (SSSR count). The molecule has 108 valence electrons. The number of ether oxygens (including phenoxy) is 1. The highest BCUT2D eigenvalue weighted by Crippen LogP contribution is 2.15. The predicted octanol–water partition coefficient (Wildman–Crippen LogP) is -0.0210. The van der Waals surface area contributed by atoms with E-state index in [0.717, 1.165) is 32.8 Å². The molecular formula is C12H26N2O3S. The van der Waals surface area contributed by atoms with Gasteiger partial charge in [0.05, 0.1) is 12.4 Å². The Morgan fingerprint density at radius 1 is 1.44 bits per heavy atom. The summed E-state index contributed by atoms with van der Waals surface area (Å²) in [6, 6.07) is 0. The van der Waals surface area contributed by atoms with Gasteiger partial charge in [-0.3, -0.25) is 0 Å². The highest BCUT2D eigenvalue weighted by molar-refractivity contribution is 7.90. The molecule has 0 aromatic rings. The molecule has 0 aromatic carbocycles. The van der Waals surface area contributed by atoms with E-state index < -0.39 is 9.84 Å². The lowest BCUT2D eigenvalue weighted by molar-refractivity contribution is 0.171. The first-order valence-electron chi connectivity index (χ1n) is 6.61. The monoisotopic (exact) mass is 278 g/mol. The Kier molecular flexibility index (Phi) is 7.14. The zero-order valence-electron chi connectivity index (χ0n) is 11.5. The molecule has 1 aliphatic rings. The van der Waals surface area contributed by atoms with Gasteiger partial charge in [0.1, 0.15) is 9.84 Å². The molecule has 0 radical (unpaired) electrons. The van der Waals surface area contributed by atoms with Gasteiger partial charge < -0.3 is 15.0 Å². The van der Waals surface area contributed by atoms with Gasteiger partial charge in [0.25, 0.3) is 0 Å². The molecule has 0 amide bonds. The maximum absolute atomic E-state index is 11.1. The number of piperidine rings is 1. The van der Waals surface area contributed by atoms with E-state index in [-0.39, 0.29) is 5.75 Å². The van der Waals surface area contributed by atoms with E-state index in [1.807, 2.05) is 0 Å². The Bertz CT molecular complexity index is 319. The highest BCUT2D eigenvalue weighted by atomic mass is 32.2. The first kappa shape index (κ1) is 15.9. The number of methoxy groups -OCH3 is 1. The second kappa shape index (κ2) is 8.09. The molecule has 1 fully saturated rings. The van der Waals surface area contributed by atoms with E-state index in [4.69, 9.17) is 4.74 Å². The van der Waals surface area contributed by atoms with Crippen molar-refractivity contribution < 1.29 is 13.2 Å². The molecule has 5 nitrogen and oxygen atoms in total. The van der Waals surface area contributed by atoms with Crippen LogP contribution in [-0.4, -0.2) is 71.8 Å². The largest absolute Gasteiger partial charge is 0.383 e. The van der Waals surface area contributed by atoms with Gasteiger partial charge in [0, 0.05) is 33.0 Å². The van der Waals surface area contributed by atoms with Gasteiger partial charge >= 0.3 is 0 Å². The van der Waals surface area contributed by atoms with E-state index in [2.05, 4.69) is 10.2 Å². The minimum atomic E-state index is -2.84. The van der Waals surface area contributed by atoms with Crippen molar-refractivity contribution in [3.8, 4) is 0 Å². The van der Waals surface area contributed by atoms with E-state index >= 15 is 0 Å². The zero-order chi connectivity index (χ0) is 13.4. The van der Waals surface area contributed by atoms with Crippen LogP contribution < -0.4 is 5.32 Å². The summed E-state index contributed by atoms with van der Waals surface area (Å²) in [6.07, 6.45) is 3.70. The van der Waals surface area contributed by atoms with E-state index in [1.54, 1.807) is 7.11 Å². The lowest BCUT2D eigenvalue weighted by Gasteiger charge is -2.32. The molecule has 6 heteroatoms. The Balaban J connectivity index is 2.19. The Morgan fingerprint density at radius 2 is 2.22 bits per heavy atom. The second-order valence-electron chi connectivity index (χ2n) is 5.14. The fourth-order valence-electron chi connectivity index (χ4n) is 2.30. The normalized spacial score (nSPS) is 22.2. The van der Waals surface area contributed by atoms with Crippen molar-refractivity contribution in [1.82, 2.24) is 10.2 Å². The standard InChI is InChI=1S/C12H26N2O3S/c1-17-8-5-13-10-12-4-3-6-14(11-12)7-9-18(2,15)16/h12-13H,3-11H2,1-2H3. The Labute approximate surface area is 111 Å². The molecule has 0 bridgehead atoms. The topological polar surface area (TPSA) is 58.6 Å². The van der Waals surface area contributed by atoms with Crippen LogP contribution in [0.2, 0.25) is 0 Å². The number of nitrogens with zero attached hydrogens (tertiary/aromatic N) is 1. The summed E-state index contributed by atoms with van der Waals surface area (Å²) in [7, 11) is -1.14. The maximum atomic E-state index is 11.1. The van der Waals surface area contributed by atoms with Crippen LogP contribution in [0.25, 0.3) is 0 Å². The number of likely N-dealkylation sites (tertiary alicyclic amines) is 1. The smallest absolute Gasteiger partial charge is 0.148 e. The van der Waals surface area contributed by atoms with E-state index in [9.17, 15) is 8.42 Å². The Hall–Kier alpha value is -0.170. The molecule has 0 spiro atoms. The number of rotatable bonds is 8. The van der Waals surface area contributed by atoms with Crippen LogP contribution in [-0.2, 0) is 14.6 Å². The lowest BCUT2D eigenvalue weighted by atomic mass is 9.98. The van der Waals surface area contributed by atoms with Crippen LogP contribution in [0.1, 0.15) is 12.8 Å². The first-order chi connectivity index (χ1) is 8.51. The lowest BCUT2D eigenvalue weighted by Crippen LogP contribution is -2.41. The minimum Gasteiger partial charge on any atom is -0.383 e. The van der Waals surface area contributed by atoms with Crippen molar-refractivity contribution in [1.29, 1.82) is 0 Å². The summed E-state index contributed by atoms with van der Waals surface area (Å²) in [5, 5.41) is 3.38. The first-order valence-corrected chi connectivity index (χ1v) is 8.67. The minimum absolute atomic E-state index is 0.275. The highest BCUT2D eigenvalue weighted by Gasteiger charge is 2.20. The van der Waals surface area contributed by atoms with Crippen molar-refractivity contribution in [2.45, 2.75) is 12.8 Å². The third-order valence-corrected chi connectivity index (χ3v) is 4.22. The summed E-state index contributed by atoms with van der Waals surface area (Å²) in [4.78, 5) is 2.27. The molecule has 1 aliphatic heterocycles. The number of hydrogen-bond donors (Lipinski definition) is 1. The Morgan fingerprint density at radius 3 is 2.89 bits per heavy atom. The number of sulfone groups is 1. The quantitative estimate of drug-likeness (QED) is 0.632. The van der Waals surface area contributed by atoms with Gasteiger partial charge in [-0.2, -0.15) is 0 Å². The van der Waals surface area contributed by atoms with Crippen molar-refractivity contribution in [2.75, 3.05) is 58.4 Å². The van der Waals surface area contributed by atoms with Crippen LogP contribution >= 0.6 is 0 Å². The van der Waals surface area contributed by atoms with Crippen LogP contribution in [0.3, 0.4) is 0 Å². The molecule has 0 aliphatic carbocycles. The fraction of sp³-hybridized carbons (Fsp3) is 1.00. The molecule has 1 N–H and O–H groups in total. The average Bonchev–Trinajstić information content (AvgIpc) is 2.32. The van der Waals surface area contributed by atoms with E-state index in [1.165, 1.54) is 19.1 Å². The summed E-state index contributed by atoms with van der Waals surface area (Å²) in [5.41, 5.74) is 0. The summed E-state index contributed by atoms with van der Waals surface area (Å²) in [6.45, 7) is 5.34. The van der Waals surface area contributed by atoms with Gasteiger partial charge in [-0.05, 0) is 31.8 Å². The van der Waals surface area contributed by atoms with Crippen LogP contribution in [0, 0.1) is 5.92 Å². The van der Waals surface area contributed by atoms with Crippen molar-refractivity contribution in [3.05, 3.63) is 0 Å². The molecule has 1 heterocycles. The molecule has 1 unspecified atom stereocenters.